The van der Waals surface area contributed by atoms with E-state index in [0.29, 0.717) is 0 Å². The predicted octanol–water partition coefficient (Wildman–Crippen LogP) is 2.04. The van der Waals surface area contributed by atoms with E-state index < -0.39 is 5.54 Å². The lowest BCUT2D eigenvalue weighted by Crippen LogP contribution is -2.58. The number of aryl methyl sites for hydroxylation is 1. The minimum absolute atomic E-state index is 0. The van der Waals surface area contributed by atoms with Crippen LogP contribution in [-0.4, -0.2) is 47.5 Å². The van der Waals surface area contributed by atoms with Crippen LogP contribution in [0.1, 0.15) is 32.4 Å². The number of hydrogen-bond acceptors (Lipinski definition) is 5. The molecular formula is C14H25ClN4OS. The Morgan fingerprint density at radius 2 is 2.05 bits per heavy atom. The molecule has 21 heavy (non-hydrogen) atoms. The molecule has 1 unspecified atom stereocenters. The summed E-state index contributed by atoms with van der Waals surface area (Å²) >= 11 is 1.67. The van der Waals surface area contributed by atoms with Crippen molar-refractivity contribution in [2.24, 2.45) is 5.73 Å². The Labute approximate surface area is 136 Å². The number of rotatable bonds is 4. The van der Waals surface area contributed by atoms with E-state index in [1.54, 1.807) is 11.3 Å². The van der Waals surface area contributed by atoms with Crippen LogP contribution in [0, 0.1) is 6.92 Å². The standard InChI is InChI=1S/C14H24N4OS.ClH/c1-4-5-14(3,15)12(19)17-6-8-18(9-7-17)13-16-11(2)10-20-13;/h10H,4-9,15H2,1-3H3;1H. The predicted molar refractivity (Wildman–Crippen MR) is 90.4 cm³/mol. The molecule has 1 aromatic rings. The summed E-state index contributed by atoms with van der Waals surface area (Å²) in [6.07, 6.45) is 1.66. The summed E-state index contributed by atoms with van der Waals surface area (Å²) < 4.78 is 0. The SMILES string of the molecule is CCCC(C)(N)C(=O)N1CCN(c2nc(C)cs2)CC1.Cl. The van der Waals surface area contributed by atoms with Gasteiger partial charge in [-0.25, -0.2) is 4.98 Å². The van der Waals surface area contributed by atoms with Gasteiger partial charge in [0.05, 0.1) is 11.2 Å². The third-order valence-corrected chi connectivity index (χ3v) is 4.72. The highest BCUT2D eigenvalue weighted by molar-refractivity contribution is 7.13. The summed E-state index contributed by atoms with van der Waals surface area (Å²) in [5.41, 5.74) is 6.46. The fourth-order valence-corrected chi connectivity index (χ4v) is 3.43. The van der Waals surface area contributed by atoms with Gasteiger partial charge in [0.15, 0.2) is 5.13 Å². The molecule has 0 bridgehead atoms. The van der Waals surface area contributed by atoms with Crippen molar-refractivity contribution in [2.45, 2.75) is 39.2 Å². The molecule has 0 aliphatic carbocycles. The minimum Gasteiger partial charge on any atom is -0.345 e. The number of aromatic nitrogens is 1. The molecule has 1 fully saturated rings. The first-order chi connectivity index (χ1) is 9.44. The van der Waals surface area contributed by atoms with Crippen LogP contribution in [0.15, 0.2) is 5.38 Å². The number of nitrogens with zero attached hydrogens (tertiary/aromatic N) is 3. The largest absolute Gasteiger partial charge is 0.345 e. The second-order valence-electron chi connectivity index (χ2n) is 5.72. The van der Waals surface area contributed by atoms with Crippen molar-refractivity contribution in [3.63, 3.8) is 0 Å². The summed E-state index contributed by atoms with van der Waals surface area (Å²) in [4.78, 5) is 21.1. The lowest BCUT2D eigenvalue weighted by atomic mass is 9.95. The van der Waals surface area contributed by atoms with E-state index in [-0.39, 0.29) is 18.3 Å². The number of anilines is 1. The molecule has 1 amide bonds. The van der Waals surface area contributed by atoms with E-state index in [4.69, 9.17) is 5.73 Å². The van der Waals surface area contributed by atoms with Crippen molar-refractivity contribution in [2.75, 3.05) is 31.1 Å². The Balaban J connectivity index is 0.00000220. The topological polar surface area (TPSA) is 62.5 Å². The molecule has 2 rings (SSSR count). The molecule has 1 atom stereocenters. The molecule has 2 heterocycles. The van der Waals surface area contributed by atoms with E-state index in [0.717, 1.165) is 49.8 Å². The van der Waals surface area contributed by atoms with Crippen molar-refractivity contribution in [1.82, 2.24) is 9.88 Å². The number of piperazine rings is 1. The summed E-state index contributed by atoms with van der Waals surface area (Å²) in [6, 6.07) is 0. The summed E-state index contributed by atoms with van der Waals surface area (Å²) in [7, 11) is 0. The zero-order valence-electron chi connectivity index (χ0n) is 13.0. The highest BCUT2D eigenvalue weighted by atomic mass is 35.5. The Morgan fingerprint density at radius 1 is 1.43 bits per heavy atom. The number of carbonyl (C=O) groups is 1. The van der Waals surface area contributed by atoms with Gasteiger partial charge in [-0.2, -0.15) is 0 Å². The molecule has 0 saturated carbocycles. The van der Waals surface area contributed by atoms with Crippen LogP contribution < -0.4 is 10.6 Å². The fourth-order valence-electron chi connectivity index (χ4n) is 2.58. The smallest absolute Gasteiger partial charge is 0.242 e. The van der Waals surface area contributed by atoms with Crippen molar-refractivity contribution in [1.29, 1.82) is 0 Å². The van der Waals surface area contributed by atoms with Crippen molar-refractivity contribution >= 4 is 34.8 Å². The third kappa shape index (κ3) is 4.31. The van der Waals surface area contributed by atoms with Crippen LogP contribution in [0.2, 0.25) is 0 Å². The number of halogens is 1. The highest BCUT2D eigenvalue weighted by Gasteiger charge is 2.33. The van der Waals surface area contributed by atoms with Crippen molar-refractivity contribution in [3.8, 4) is 0 Å². The van der Waals surface area contributed by atoms with Gasteiger partial charge in [-0.1, -0.05) is 13.3 Å². The molecule has 2 N–H and O–H groups in total. The number of hydrogen-bond donors (Lipinski definition) is 1. The minimum atomic E-state index is -0.727. The lowest BCUT2D eigenvalue weighted by molar-refractivity contribution is -0.137. The Bertz CT molecular complexity index is 469. The molecule has 1 aromatic heterocycles. The van der Waals surface area contributed by atoms with E-state index in [9.17, 15) is 4.79 Å². The molecule has 1 saturated heterocycles. The first-order valence-corrected chi connectivity index (χ1v) is 8.07. The number of amides is 1. The van der Waals surface area contributed by atoms with E-state index >= 15 is 0 Å². The van der Waals surface area contributed by atoms with Crippen LogP contribution in [0.4, 0.5) is 5.13 Å². The van der Waals surface area contributed by atoms with E-state index in [2.05, 4.69) is 22.2 Å². The summed E-state index contributed by atoms with van der Waals surface area (Å²) in [5, 5.41) is 3.11. The average molecular weight is 333 g/mol. The van der Waals surface area contributed by atoms with Crippen LogP contribution in [0.25, 0.3) is 0 Å². The quantitative estimate of drug-likeness (QED) is 0.916. The van der Waals surface area contributed by atoms with Gasteiger partial charge >= 0.3 is 0 Å². The molecule has 5 nitrogen and oxygen atoms in total. The van der Waals surface area contributed by atoms with Crippen molar-refractivity contribution < 1.29 is 4.79 Å². The normalized spacial score (nSPS) is 18.1. The molecular weight excluding hydrogens is 308 g/mol. The van der Waals surface area contributed by atoms with Gasteiger partial charge in [-0.05, 0) is 20.3 Å². The first kappa shape index (κ1) is 18.2. The van der Waals surface area contributed by atoms with E-state index in [1.165, 1.54) is 0 Å². The molecule has 1 aliphatic rings. The molecule has 7 heteroatoms. The van der Waals surface area contributed by atoms with Crippen LogP contribution in [0.5, 0.6) is 0 Å². The van der Waals surface area contributed by atoms with Gasteiger partial charge in [-0.15, -0.1) is 23.7 Å². The zero-order chi connectivity index (χ0) is 14.8. The lowest BCUT2D eigenvalue weighted by Gasteiger charge is -2.38. The molecule has 1 aliphatic heterocycles. The summed E-state index contributed by atoms with van der Waals surface area (Å²) in [5.74, 6) is 0.0781. The molecule has 0 radical (unpaired) electrons. The zero-order valence-corrected chi connectivity index (χ0v) is 14.6. The Hall–Kier alpha value is -0.850. The number of carbonyl (C=O) groups excluding carboxylic acids is 1. The second kappa shape index (κ2) is 7.42. The van der Waals surface area contributed by atoms with Gasteiger partial charge in [-0.3, -0.25) is 4.79 Å². The van der Waals surface area contributed by atoms with Gasteiger partial charge in [0.25, 0.3) is 0 Å². The Morgan fingerprint density at radius 3 is 2.52 bits per heavy atom. The van der Waals surface area contributed by atoms with Gasteiger partial charge in [0.1, 0.15) is 0 Å². The Kier molecular flexibility index (Phi) is 6.43. The van der Waals surface area contributed by atoms with Gasteiger partial charge in [0, 0.05) is 31.6 Å². The maximum absolute atomic E-state index is 12.4. The molecule has 0 aromatic carbocycles. The average Bonchev–Trinajstić information content (AvgIpc) is 2.85. The maximum atomic E-state index is 12.4. The van der Waals surface area contributed by atoms with Crippen molar-refractivity contribution in [3.05, 3.63) is 11.1 Å². The fraction of sp³-hybridized carbons (Fsp3) is 0.714. The maximum Gasteiger partial charge on any atom is 0.242 e. The first-order valence-electron chi connectivity index (χ1n) is 7.19. The van der Waals surface area contributed by atoms with E-state index in [1.807, 2.05) is 18.7 Å². The molecule has 0 spiro atoms. The van der Waals surface area contributed by atoms with Gasteiger partial charge in [0.2, 0.25) is 5.91 Å². The summed E-state index contributed by atoms with van der Waals surface area (Å²) in [6.45, 7) is 9.03. The monoisotopic (exact) mass is 332 g/mol. The number of nitrogens with two attached hydrogens (primary N) is 1. The van der Waals surface area contributed by atoms with Gasteiger partial charge < -0.3 is 15.5 Å². The molecule has 120 valence electrons. The van der Waals surface area contributed by atoms with Crippen LogP contribution in [0.3, 0.4) is 0 Å². The van der Waals surface area contributed by atoms with Crippen LogP contribution in [-0.2, 0) is 4.79 Å². The van der Waals surface area contributed by atoms with Crippen LogP contribution >= 0.6 is 23.7 Å². The number of thiazole rings is 1. The second-order valence-corrected chi connectivity index (χ2v) is 6.55. The third-order valence-electron chi connectivity index (χ3n) is 3.70. The highest BCUT2D eigenvalue weighted by Crippen LogP contribution is 2.22.